The number of carbonyl (C=O) groups is 1. The molecule has 9 heteroatoms. The fourth-order valence-corrected chi connectivity index (χ4v) is 4.11. The number of nitrogens with one attached hydrogen (secondary N) is 3. The minimum atomic E-state index is -3.78. The Hall–Kier alpha value is -2.78. The van der Waals surface area contributed by atoms with E-state index in [9.17, 15) is 13.2 Å². The van der Waals surface area contributed by atoms with Crippen molar-refractivity contribution in [1.29, 1.82) is 0 Å². The molecule has 2 aromatic carbocycles. The molecule has 26 heavy (non-hydrogen) atoms. The number of benzene rings is 2. The molecular weight excluding hydrogens is 358 g/mol. The van der Waals surface area contributed by atoms with Crippen molar-refractivity contribution in [1.82, 2.24) is 4.72 Å². The summed E-state index contributed by atoms with van der Waals surface area (Å²) in [5.41, 5.74) is 1.76. The van der Waals surface area contributed by atoms with Crippen LogP contribution in [0.4, 0.5) is 11.4 Å². The fourth-order valence-electron chi connectivity index (χ4n) is 2.85. The number of aryl methyl sites for hydroxylation is 1. The number of hydrogen-bond donors (Lipinski definition) is 3. The molecule has 2 aliphatic heterocycles. The number of sulfonamides is 1. The minimum absolute atomic E-state index is 0.117. The first-order valence-corrected chi connectivity index (χ1v) is 9.51. The van der Waals surface area contributed by atoms with Gasteiger partial charge in [-0.15, -0.1) is 0 Å². The van der Waals surface area contributed by atoms with Crippen molar-refractivity contribution in [2.75, 3.05) is 23.8 Å². The van der Waals surface area contributed by atoms with Crippen molar-refractivity contribution in [3.8, 4) is 11.5 Å². The maximum absolute atomic E-state index is 12.5. The minimum Gasteiger partial charge on any atom is -0.486 e. The Labute approximate surface area is 150 Å². The number of fused-ring (bicyclic) bond motifs is 2. The standard InChI is InChI=1S/C17H17N3O5S/c1-10-2-5-15-12(8-10)19-16(20-26(15,22)23)17(21)18-11-3-4-13-14(9-11)25-7-6-24-13/h2-5,8-9,16,19-20H,6-7H2,1H3,(H,18,21)/t16-/m0/s1. The van der Waals surface area contributed by atoms with Crippen LogP contribution in [0, 0.1) is 6.92 Å². The second kappa shape index (κ2) is 6.19. The van der Waals surface area contributed by atoms with Gasteiger partial charge in [-0.25, -0.2) is 8.42 Å². The first-order valence-electron chi connectivity index (χ1n) is 8.02. The van der Waals surface area contributed by atoms with E-state index in [1.54, 1.807) is 30.3 Å². The molecule has 0 saturated heterocycles. The quantitative estimate of drug-likeness (QED) is 0.733. The molecule has 0 aliphatic carbocycles. The summed E-state index contributed by atoms with van der Waals surface area (Å²) in [6, 6.07) is 9.91. The highest BCUT2D eigenvalue weighted by atomic mass is 32.2. The molecule has 0 spiro atoms. The van der Waals surface area contributed by atoms with Crippen LogP contribution in [0.15, 0.2) is 41.3 Å². The lowest BCUT2D eigenvalue weighted by molar-refractivity contribution is -0.117. The van der Waals surface area contributed by atoms with Gasteiger partial charge in [-0.05, 0) is 36.8 Å². The van der Waals surface area contributed by atoms with Crippen molar-refractivity contribution in [2.45, 2.75) is 18.0 Å². The normalized spacial score (nSPS) is 19.8. The molecule has 0 unspecified atom stereocenters. The summed E-state index contributed by atoms with van der Waals surface area (Å²) in [5.74, 6) is 0.611. The van der Waals surface area contributed by atoms with E-state index < -0.39 is 22.1 Å². The van der Waals surface area contributed by atoms with Crippen LogP contribution in [0.1, 0.15) is 5.56 Å². The van der Waals surface area contributed by atoms with Crippen LogP contribution in [0.5, 0.6) is 11.5 Å². The topological polar surface area (TPSA) is 106 Å². The average molecular weight is 375 g/mol. The van der Waals surface area contributed by atoms with E-state index in [1.807, 2.05) is 6.92 Å². The molecule has 0 bridgehead atoms. The monoisotopic (exact) mass is 375 g/mol. The van der Waals surface area contributed by atoms with Gasteiger partial charge >= 0.3 is 0 Å². The average Bonchev–Trinajstić information content (AvgIpc) is 2.60. The third-order valence-electron chi connectivity index (χ3n) is 4.07. The van der Waals surface area contributed by atoms with Gasteiger partial charge in [-0.1, -0.05) is 6.07 Å². The third-order valence-corrected chi connectivity index (χ3v) is 5.55. The van der Waals surface area contributed by atoms with Gasteiger partial charge in [0.25, 0.3) is 5.91 Å². The first-order chi connectivity index (χ1) is 12.4. The summed E-state index contributed by atoms with van der Waals surface area (Å²) in [7, 11) is -3.78. The molecule has 3 N–H and O–H groups in total. The van der Waals surface area contributed by atoms with E-state index in [2.05, 4.69) is 15.4 Å². The summed E-state index contributed by atoms with van der Waals surface area (Å²) in [5, 5.41) is 5.60. The zero-order valence-electron chi connectivity index (χ0n) is 13.9. The van der Waals surface area contributed by atoms with Crippen LogP contribution in [0.2, 0.25) is 0 Å². The molecule has 2 aliphatic rings. The summed E-state index contributed by atoms with van der Waals surface area (Å²) in [4.78, 5) is 12.7. The maximum Gasteiger partial charge on any atom is 0.262 e. The van der Waals surface area contributed by atoms with Crippen molar-refractivity contribution < 1.29 is 22.7 Å². The third kappa shape index (κ3) is 3.06. The summed E-state index contributed by atoms with van der Waals surface area (Å²) < 4.78 is 38.0. The Bertz CT molecular complexity index is 990. The van der Waals surface area contributed by atoms with Crippen LogP contribution in [0.3, 0.4) is 0 Å². The largest absolute Gasteiger partial charge is 0.486 e. The Morgan fingerprint density at radius 1 is 1.12 bits per heavy atom. The summed E-state index contributed by atoms with van der Waals surface area (Å²) in [6.45, 7) is 2.76. The molecule has 136 valence electrons. The zero-order valence-corrected chi connectivity index (χ0v) is 14.7. The molecule has 2 heterocycles. The van der Waals surface area contributed by atoms with Gasteiger partial charge in [0.2, 0.25) is 10.0 Å². The number of carbonyl (C=O) groups excluding carboxylic acids is 1. The highest BCUT2D eigenvalue weighted by molar-refractivity contribution is 7.89. The lowest BCUT2D eigenvalue weighted by Gasteiger charge is -2.27. The molecule has 0 fully saturated rings. The van der Waals surface area contributed by atoms with Crippen LogP contribution in [-0.2, 0) is 14.8 Å². The highest BCUT2D eigenvalue weighted by Gasteiger charge is 2.33. The Balaban J connectivity index is 1.56. The molecular formula is C17H17N3O5S. The second-order valence-electron chi connectivity index (χ2n) is 6.05. The predicted molar refractivity (Wildman–Crippen MR) is 95.0 cm³/mol. The van der Waals surface area contributed by atoms with E-state index >= 15 is 0 Å². The van der Waals surface area contributed by atoms with Gasteiger partial charge in [-0.2, -0.15) is 4.72 Å². The van der Waals surface area contributed by atoms with Crippen LogP contribution in [0.25, 0.3) is 0 Å². The number of ether oxygens (including phenoxy) is 2. The molecule has 4 rings (SSSR count). The number of amides is 1. The van der Waals surface area contributed by atoms with Crippen molar-refractivity contribution in [3.05, 3.63) is 42.0 Å². The summed E-state index contributed by atoms with van der Waals surface area (Å²) in [6.07, 6.45) is -1.12. The highest BCUT2D eigenvalue weighted by Crippen LogP contribution is 2.33. The van der Waals surface area contributed by atoms with E-state index in [0.717, 1.165) is 5.56 Å². The lowest BCUT2D eigenvalue weighted by atomic mass is 10.2. The molecule has 8 nitrogen and oxygen atoms in total. The molecule has 1 amide bonds. The molecule has 2 aromatic rings. The smallest absolute Gasteiger partial charge is 0.262 e. The SMILES string of the molecule is Cc1ccc2c(c1)N[C@H](C(=O)Nc1ccc3c(c1)OCCO3)NS2(=O)=O. The van der Waals surface area contributed by atoms with E-state index in [-0.39, 0.29) is 4.90 Å². The fraction of sp³-hybridized carbons (Fsp3) is 0.235. The van der Waals surface area contributed by atoms with Gasteiger partial charge in [0, 0.05) is 11.8 Å². The van der Waals surface area contributed by atoms with Gasteiger partial charge in [0.1, 0.15) is 18.1 Å². The Kier molecular flexibility index (Phi) is 3.97. The number of hydrogen-bond acceptors (Lipinski definition) is 6. The number of rotatable bonds is 2. The molecule has 0 aromatic heterocycles. The zero-order chi connectivity index (χ0) is 18.3. The van der Waals surface area contributed by atoms with Crippen molar-refractivity contribution >= 4 is 27.3 Å². The number of anilines is 2. The van der Waals surface area contributed by atoms with E-state index in [4.69, 9.17) is 9.47 Å². The second-order valence-corrected chi connectivity index (χ2v) is 7.73. The van der Waals surface area contributed by atoms with Crippen LogP contribution in [-0.4, -0.2) is 33.7 Å². The Morgan fingerprint density at radius 3 is 2.69 bits per heavy atom. The van der Waals surface area contributed by atoms with Crippen LogP contribution < -0.4 is 24.8 Å². The lowest BCUT2D eigenvalue weighted by Crippen LogP contribution is -2.51. The predicted octanol–water partition coefficient (Wildman–Crippen LogP) is 1.43. The summed E-state index contributed by atoms with van der Waals surface area (Å²) >= 11 is 0. The van der Waals surface area contributed by atoms with Gasteiger partial charge in [0.05, 0.1) is 5.69 Å². The molecule has 0 saturated carbocycles. The van der Waals surface area contributed by atoms with E-state index in [0.29, 0.717) is 36.1 Å². The van der Waals surface area contributed by atoms with E-state index in [1.165, 1.54) is 6.07 Å². The molecule has 0 radical (unpaired) electrons. The van der Waals surface area contributed by atoms with Crippen molar-refractivity contribution in [2.24, 2.45) is 0 Å². The molecule has 1 atom stereocenters. The van der Waals surface area contributed by atoms with Gasteiger partial charge in [-0.3, -0.25) is 4.79 Å². The van der Waals surface area contributed by atoms with Crippen molar-refractivity contribution in [3.63, 3.8) is 0 Å². The van der Waals surface area contributed by atoms with Crippen LogP contribution >= 0.6 is 0 Å². The maximum atomic E-state index is 12.5. The Morgan fingerprint density at radius 2 is 1.88 bits per heavy atom. The van der Waals surface area contributed by atoms with Gasteiger partial charge in [0.15, 0.2) is 17.7 Å². The first kappa shape index (κ1) is 16.7. The van der Waals surface area contributed by atoms with Gasteiger partial charge < -0.3 is 20.1 Å².